The van der Waals surface area contributed by atoms with Gasteiger partial charge in [-0.1, -0.05) is 0 Å². The highest BCUT2D eigenvalue weighted by molar-refractivity contribution is 5.68. The summed E-state index contributed by atoms with van der Waals surface area (Å²) in [6.45, 7) is 1.63. The van der Waals surface area contributed by atoms with Crippen molar-refractivity contribution in [3.63, 3.8) is 0 Å². The predicted molar refractivity (Wildman–Crippen MR) is 48.2 cm³/mol. The summed E-state index contributed by atoms with van der Waals surface area (Å²) in [5.41, 5.74) is 0. The summed E-state index contributed by atoms with van der Waals surface area (Å²) in [5, 5.41) is 18.2. The summed E-state index contributed by atoms with van der Waals surface area (Å²) >= 11 is 0. The first kappa shape index (κ1) is 12.4. The van der Waals surface area contributed by atoms with E-state index in [-0.39, 0.29) is 5.97 Å². The number of hydrogen-bond donors (Lipinski definition) is 2. The average molecular weight is 190 g/mol. The molecule has 0 heterocycles. The van der Waals surface area contributed by atoms with Crippen LogP contribution >= 0.6 is 0 Å². The summed E-state index contributed by atoms with van der Waals surface area (Å²) in [5.74, 6) is -0.260. The van der Waals surface area contributed by atoms with E-state index >= 15 is 0 Å². The van der Waals surface area contributed by atoms with E-state index in [0.717, 1.165) is 0 Å². The number of aliphatic hydroxyl groups is 2. The van der Waals surface area contributed by atoms with Crippen molar-refractivity contribution in [3.8, 4) is 0 Å². The molecule has 0 amide bonds. The Morgan fingerprint density at radius 1 is 1.46 bits per heavy atom. The third kappa shape index (κ3) is 7.74. The maximum Gasteiger partial charge on any atom is 0.305 e. The maximum atomic E-state index is 10.7. The molecule has 0 aliphatic carbocycles. The fraction of sp³-hybridized carbons (Fsp3) is 0.889. The van der Waals surface area contributed by atoms with Gasteiger partial charge in [0.05, 0.1) is 19.3 Å². The summed E-state index contributed by atoms with van der Waals surface area (Å²) in [6.07, 6.45) is 0.799. The van der Waals surface area contributed by atoms with E-state index in [2.05, 4.69) is 4.74 Å². The molecule has 0 bridgehead atoms. The van der Waals surface area contributed by atoms with Crippen LogP contribution in [0, 0.1) is 0 Å². The van der Waals surface area contributed by atoms with Gasteiger partial charge in [-0.15, -0.1) is 0 Å². The maximum absolute atomic E-state index is 10.7. The zero-order valence-electron chi connectivity index (χ0n) is 8.19. The van der Waals surface area contributed by atoms with Gasteiger partial charge in [-0.05, 0) is 26.2 Å². The first-order valence-corrected chi connectivity index (χ1v) is 4.49. The van der Waals surface area contributed by atoms with Crippen LogP contribution in [-0.2, 0) is 9.53 Å². The molecule has 0 fully saturated rings. The number of ether oxygens (including phenoxy) is 1. The van der Waals surface area contributed by atoms with Gasteiger partial charge in [0, 0.05) is 6.42 Å². The molecule has 0 saturated carbocycles. The summed E-state index contributed by atoms with van der Waals surface area (Å²) in [7, 11) is 1.34. The van der Waals surface area contributed by atoms with Gasteiger partial charge in [0.25, 0.3) is 0 Å². The lowest BCUT2D eigenvalue weighted by Gasteiger charge is -2.11. The molecular weight excluding hydrogens is 172 g/mol. The van der Waals surface area contributed by atoms with Gasteiger partial charge in [0.1, 0.15) is 0 Å². The van der Waals surface area contributed by atoms with Crippen molar-refractivity contribution in [2.24, 2.45) is 0 Å². The second kappa shape index (κ2) is 6.86. The van der Waals surface area contributed by atoms with Crippen molar-refractivity contribution < 1.29 is 19.7 Å². The molecule has 13 heavy (non-hydrogen) atoms. The van der Waals surface area contributed by atoms with E-state index in [0.29, 0.717) is 25.7 Å². The molecule has 2 atom stereocenters. The van der Waals surface area contributed by atoms with Crippen LogP contribution in [0.2, 0.25) is 0 Å². The van der Waals surface area contributed by atoms with Crippen LogP contribution in [0.15, 0.2) is 0 Å². The van der Waals surface area contributed by atoms with Crippen LogP contribution in [-0.4, -0.2) is 35.5 Å². The van der Waals surface area contributed by atoms with Crippen LogP contribution in [0.3, 0.4) is 0 Å². The Bertz CT molecular complexity index is 145. The standard InChI is InChI=1S/C9H18O4/c1-7(10)6-8(11)4-3-5-9(12)13-2/h7-8,10-11H,3-6H2,1-2H3. The summed E-state index contributed by atoms with van der Waals surface area (Å²) in [6, 6.07) is 0. The highest BCUT2D eigenvalue weighted by atomic mass is 16.5. The Morgan fingerprint density at radius 2 is 2.08 bits per heavy atom. The smallest absolute Gasteiger partial charge is 0.305 e. The van der Waals surface area contributed by atoms with Gasteiger partial charge < -0.3 is 14.9 Å². The quantitative estimate of drug-likeness (QED) is 0.597. The minimum Gasteiger partial charge on any atom is -0.469 e. The Morgan fingerprint density at radius 3 is 2.54 bits per heavy atom. The van der Waals surface area contributed by atoms with E-state index in [4.69, 9.17) is 5.11 Å². The van der Waals surface area contributed by atoms with Crippen molar-refractivity contribution in [3.05, 3.63) is 0 Å². The number of carbonyl (C=O) groups excluding carboxylic acids is 1. The molecule has 78 valence electrons. The molecule has 0 saturated heterocycles. The molecule has 2 N–H and O–H groups in total. The van der Waals surface area contributed by atoms with Gasteiger partial charge in [-0.2, -0.15) is 0 Å². The molecule has 0 rings (SSSR count). The normalized spacial score (nSPS) is 15.1. The SMILES string of the molecule is COC(=O)CCCC(O)CC(C)O. The fourth-order valence-electron chi connectivity index (χ4n) is 1.10. The summed E-state index contributed by atoms with van der Waals surface area (Å²) < 4.78 is 4.44. The lowest BCUT2D eigenvalue weighted by molar-refractivity contribution is -0.140. The Balaban J connectivity index is 3.36. The minimum atomic E-state index is -0.523. The second-order valence-corrected chi connectivity index (χ2v) is 3.21. The van der Waals surface area contributed by atoms with E-state index < -0.39 is 12.2 Å². The van der Waals surface area contributed by atoms with Crippen LogP contribution in [0.4, 0.5) is 0 Å². The zero-order valence-corrected chi connectivity index (χ0v) is 8.19. The Kier molecular flexibility index (Phi) is 6.54. The van der Waals surface area contributed by atoms with Crippen molar-refractivity contribution in [1.82, 2.24) is 0 Å². The molecule has 0 radical (unpaired) electrons. The fourth-order valence-corrected chi connectivity index (χ4v) is 1.10. The number of aliphatic hydroxyl groups excluding tert-OH is 2. The topological polar surface area (TPSA) is 66.8 Å². The molecule has 0 aromatic carbocycles. The van der Waals surface area contributed by atoms with Crippen molar-refractivity contribution >= 4 is 5.97 Å². The van der Waals surface area contributed by atoms with Gasteiger partial charge in [-0.25, -0.2) is 0 Å². The highest BCUT2D eigenvalue weighted by Gasteiger charge is 2.08. The third-order valence-corrected chi connectivity index (χ3v) is 1.76. The van der Waals surface area contributed by atoms with Gasteiger partial charge >= 0.3 is 5.97 Å². The molecule has 0 aromatic heterocycles. The first-order chi connectivity index (χ1) is 6.06. The second-order valence-electron chi connectivity index (χ2n) is 3.21. The number of rotatable bonds is 6. The minimum absolute atomic E-state index is 0.260. The number of methoxy groups -OCH3 is 1. The van der Waals surface area contributed by atoms with E-state index in [1.165, 1.54) is 7.11 Å². The predicted octanol–water partition coefficient (Wildman–Crippen LogP) is 0.461. The Labute approximate surface area is 78.5 Å². The number of esters is 1. The molecular formula is C9H18O4. The molecule has 4 heteroatoms. The van der Waals surface area contributed by atoms with Gasteiger partial charge in [-0.3, -0.25) is 4.79 Å². The Hall–Kier alpha value is -0.610. The van der Waals surface area contributed by atoms with Crippen LogP contribution in [0.5, 0.6) is 0 Å². The van der Waals surface area contributed by atoms with Crippen molar-refractivity contribution in [2.45, 2.75) is 44.8 Å². The lowest BCUT2D eigenvalue weighted by atomic mass is 10.1. The average Bonchev–Trinajstić information content (AvgIpc) is 2.02. The van der Waals surface area contributed by atoms with Crippen LogP contribution in [0.25, 0.3) is 0 Å². The van der Waals surface area contributed by atoms with Crippen LogP contribution in [0.1, 0.15) is 32.6 Å². The number of hydrogen-bond acceptors (Lipinski definition) is 4. The monoisotopic (exact) mass is 190 g/mol. The molecule has 0 aliphatic heterocycles. The molecule has 0 aliphatic rings. The zero-order chi connectivity index (χ0) is 10.3. The van der Waals surface area contributed by atoms with Crippen LogP contribution < -0.4 is 0 Å². The van der Waals surface area contributed by atoms with Gasteiger partial charge in [0.2, 0.25) is 0 Å². The largest absolute Gasteiger partial charge is 0.469 e. The molecule has 0 aromatic rings. The molecule has 2 unspecified atom stereocenters. The molecule has 0 spiro atoms. The third-order valence-electron chi connectivity index (χ3n) is 1.76. The first-order valence-electron chi connectivity index (χ1n) is 4.49. The number of carbonyl (C=O) groups is 1. The molecule has 4 nitrogen and oxygen atoms in total. The van der Waals surface area contributed by atoms with E-state index in [1.54, 1.807) is 6.92 Å². The highest BCUT2D eigenvalue weighted by Crippen LogP contribution is 2.07. The van der Waals surface area contributed by atoms with Crippen molar-refractivity contribution in [1.29, 1.82) is 0 Å². The van der Waals surface area contributed by atoms with E-state index in [1.807, 2.05) is 0 Å². The lowest BCUT2D eigenvalue weighted by Crippen LogP contribution is -2.15. The van der Waals surface area contributed by atoms with Gasteiger partial charge in [0.15, 0.2) is 0 Å². The van der Waals surface area contributed by atoms with E-state index in [9.17, 15) is 9.90 Å². The van der Waals surface area contributed by atoms with Crippen molar-refractivity contribution in [2.75, 3.05) is 7.11 Å². The summed E-state index contributed by atoms with van der Waals surface area (Å²) in [4.78, 5) is 10.7.